The highest BCUT2D eigenvalue weighted by atomic mass is 32.2. The third-order valence-corrected chi connectivity index (χ3v) is 9.63. The maximum atomic E-state index is 13.0. The summed E-state index contributed by atoms with van der Waals surface area (Å²) in [7, 11) is -3.47. The Morgan fingerprint density at radius 1 is 0.912 bits per heavy atom. The molecular weight excluding hydrogens is 470 g/mol. The first-order valence-electron chi connectivity index (χ1n) is 11.3. The van der Waals surface area contributed by atoms with E-state index >= 15 is 0 Å². The molecule has 0 radical (unpaired) electrons. The molecule has 0 bridgehead atoms. The van der Waals surface area contributed by atoms with Gasteiger partial charge in [-0.15, -0.1) is 11.3 Å². The molecule has 0 unspecified atom stereocenters. The lowest BCUT2D eigenvalue weighted by atomic mass is 10.1. The number of carbonyl (C=O) groups is 2. The number of anilines is 2. The number of fused-ring (bicyclic) bond motifs is 1. The van der Waals surface area contributed by atoms with Gasteiger partial charge >= 0.3 is 0 Å². The Labute approximate surface area is 203 Å². The minimum Gasteiger partial charge on any atom is -0.326 e. The second kappa shape index (κ2) is 9.32. The summed E-state index contributed by atoms with van der Waals surface area (Å²) in [5, 5.41) is 2.83. The average molecular weight is 496 g/mol. The summed E-state index contributed by atoms with van der Waals surface area (Å²) in [4.78, 5) is 27.9. The van der Waals surface area contributed by atoms with Crippen molar-refractivity contribution in [1.82, 2.24) is 4.31 Å². The van der Waals surface area contributed by atoms with E-state index in [0.29, 0.717) is 35.8 Å². The maximum Gasteiger partial charge on any atom is 0.258 e. The van der Waals surface area contributed by atoms with Crippen LogP contribution in [-0.4, -0.2) is 44.2 Å². The van der Waals surface area contributed by atoms with Crippen LogP contribution in [0.25, 0.3) is 0 Å². The molecule has 2 aromatic carbocycles. The highest BCUT2D eigenvalue weighted by Crippen LogP contribution is 2.30. The number of nitrogens with zero attached hydrogens (tertiary/aromatic N) is 2. The molecule has 34 heavy (non-hydrogen) atoms. The van der Waals surface area contributed by atoms with Gasteiger partial charge in [0.1, 0.15) is 4.21 Å². The predicted octanol–water partition coefficient (Wildman–Crippen LogP) is 3.92. The average Bonchev–Trinajstić information content (AvgIpc) is 3.60. The third kappa shape index (κ3) is 4.51. The van der Waals surface area contributed by atoms with Crippen molar-refractivity contribution in [3.05, 3.63) is 76.7 Å². The van der Waals surface area contributed by atoms with Crippen molar-refractivity contribution >= 4 is 44.5 Å². The van der Waals surface area contributed by atoms with Crippen LogP contribution in [0, 0.1) is 0 Å². The fraction of sp³-hybridized carbons (Fsp3) is 0.280. The Morgan fingerprint density at radius 2 is 1.65 bits per heavy atom. The van der Waals surface area contributed by atoms with Gasteiger partial charge in [0, 0.05) is 41.4 Å². The number of benzene rings is 2. The van der Waals surface area contributed by atoms with Crippen LogP contribution in [0.1, 0.15) is 33.6 Å². The molecule has 176 valence electrons. The molecule has 2 aliphatic heterocycles. The van der Waals surface area contributed by atoms with E-state index in [-0.39, 0.29) is 22.4 Å². The van der Waals surface area contributed by atoms with Gasteiger partial charge in [0.05, 0.1) is 6.42 Å². The van der Waals surface area contributed by atoms with Crippen LogP contribution < -0.4 is 10.2 Å². The van der Waals surface area contributed by atoms with Crippen molar-refractivity contribution in [2.45, 2.75) is 29.9 Å². The lowest BCUT2D eigenvalue weighted by Gasteiger charge is -2.17. The molecule has 1 aromatic heterocycles. The zero-order valence-electron chi connectivity index (χ0n) is 18.6. The predicted molar refractivity (Wildman–Crippen MR) is 133 cm³/mol. The highest BCUT2D eigenvalue weighted by molar-refractivity contribution is 7.91. The van der Waals surface area contributed by atoms with Crippen molar-refractivity contribution < 1.29 is 18.0 Å². The Balaban J connectivity index is 1.20. The topological polar surface area (TPSA) is 86.8 Å². The van der Waals surface area contributed by atoms with Gasteiger partial charge in [0.2, 0.25) is 5.91 Å². The summed E-state index contributed by atoms with van der Waals surface area (Å²) in [6.07, 6.45) is 2.70. The van der Waals surface area contributed by atoms with Crippen molar-refractivity contribution in [2.24, 2.45) is 0 Å². The molecule has 7 nitrogen and oxygen atoms in total. The Bertz CT molecular complexity index is 1330. The quantitative estimate of drug-likeness (QED) is 0.562. The molecule has 1 N–H and O–H groups in total. The molecule has 0 aliphatic carbocycles. The number of para-hydroxylation sites is 1. The van der Waals surface area contributed by atoms with Gasteiger partial charge in [-0.05, 0) is 67.3 Å². The molecular formula is C25H25N3O4S2. The molecule has 3 aromatic rings. The summed E-state index contributed by atoms with van der Waals surface area (Å²) in [6, 6.07) is 18.0. The number of carbonyl (C=O) groups excluding carboxylic acids is 2. The third-order valence-electron chi connectivity index (χ3n) is 6.18. The molecule has 1 saturated heterocycles. The number of hydrogen-bond acceptors (Lipinski definition) is 5. The van der Waals surface area contributed by atoms with Crippen LogP contribution in [0.2, 0.25) is 0 Å². The minimum atomic E-state index is -3.47. The lowest BCUT2D eigenvalue weighted by Crippen LogP contribution is -2.28. The van der Waals surface area contributed by atoms with Crippen LogP contribution >= 0.6 is 11.3 Å². The molecule has 3 heterocycles. The van der Waals surface area contributed by atoms with E-state index in [2.05, 4.69) is 5.32 Å². The van der Waals surface area contributed by atoms with Gasteiger partial charge in [0.15, 0.2) is 0 Å². The number of nitrogens with one attached hydrogen (secondary N) is 1. The summed E-state index contributed by atoms with van der Waals surface area (Å²) < 4.78 is 27.1. The van der Waals surface area contributed by atoms with E-state index in [4.69, 9.17) is 0 Å². The number of amides is 2. The zero-order valence-corrected chi connectivity index (χ0v) is 20.2. The summed E-state index contributed by atoms with van der Waals surface area (Å²) in [6.45, 7) is 1.77. The summed E-state index contributed by atoms with van der Waals surface area (Å²) in [5.74, 6) is -0.298. The van der Waals surface area contributed by atoms with E-state index in [1.54, 1.807) is 41.3 Å². The first-order valence-corrected chi connectivity index (χ1v) is 13.6. The molecule has 2 aliphatic rings. The zero-order chi connectivity index (χ0) is 23.7. The van der Waals surface area contributed by atoms with Gasteiger partial charge in [-0.2, -0.15) is 4.31 Å². The second-order valence-electron chi connectivity index (χ2n) is 8.47. The lowest BCUT2D eigenvalue weighted by molar-refractivity contribution is -0.115. The van der Waals surface area contributed by atoms with Crippen LogP contribution in [0.5, 0.6) is 0 Å². The van der Waals surface area contributed by atoms with Crippen molar-refractivity contribution in [1.29, 1.82) is 0 Å². The van der Waals surface area contributed by atoms with Gasteiger partial charge in [-0.25, -0.2) is 8.42 Å². The van der Waals surface area contributed by atoms with Gasteiger partial charge < -0.3 is 10.2 Å². The first-order chi connectivity index (χ1) is 16.4. The molecule has 5 rings (SSSR count). The van der Waals surface area contributed by atoms with E-state index < -0.39 is 10.0 Å². The summed E-state index contributed by atoms with van der Waals surface area (Å²) >= 11 is 1.14. The molecule has 9 heteroatoms. The minimum absolute atomic E-state index is 0.0619. The highest BCUT2D eigenvalue weighted by Gasteiger charge is 2.29. The second-order valence-corrected chi connectivity index (χ2v) is 11.8. The van der Waals surface area contributed by atoms with Crippen LogP contribution in [0.15, 0.2) is 64.9 Å². The number of hydrogen-bond donors (Lipinski definition) is 1. The SMILES string of the molecule is O=C(Cc1ccc(S(=O)(=O)N2CCCC2)s1)Nc1ccc(C(=O)N2CCc3ccccc32)cc1. The van der Waals surface area contributed by atoms with Gasteiger partial charge in [-0.1, -0.05) is 18.2 Å². The first kappa shape index (κ1) is 22.8. The summed E-state index contributed by atoms with van der Waals surface area (Å²) in [5.41, 5.74) is 3.27. The normalized spacial score (nSPS) is 15.9. The van der Waals surface area contributed by atoms with Crippen molar-refractivity contribution in [3.8, 4) is 0 Å². The monoisotopic (exact) mass is 495 g/mol. The van der Waals surface area contributed by atoms with Crippen molar-refractivity contribution in [3.63, 3.8) is 0 Å². The van der Waals surface area contributed by atoms with Crippen molar-refractivity contribution in [2.75, 3.05) is 29.9 Å². The van der Waals surface area contributed by atoms with E-state index in [9.17, 15) is 18.0 Å². The number of sulfonamides is 1. The molecule has 0 saturated carbocycles. The molecule has 1 fully saturated rings. The van der Waals surface area contributed by atoms with Crippen LogP contribution in [0.3, 0.4) is 0 Å². The fourth-order valence-corrected chi connectivity index (χ4v) is 7.44. The van der Waals surface area contributed by atoms with E-state index in [1.807, 2.05) is 24.3 Å². The fourth-order valence-electron chi connectivity index (χ4n) is 4.41. The van der Waals surface area contributed by atoms with E-state index in [1.165, 1.54) is 9.87 Å². The Morgan fingerprint density at radius 3 is 2.41 bits per heavy atom. The number of rotatable bonds is 6. The standard InChI is InChI=1S/C25H25N3O4S2/c29-23(17-21-11-12-24(33-21)34(31,32)27-14-3-4-15-27)26-20-9-7-19(8-10-20)25(30)28-16-13-18-5-1-2-6-22(18)28/h1-2,5-12H,3-4,13-17H2,(H,26,29). The largest absolute Gasteiger partial charge is 0.326 e. The molecule has 0 spiro atoms. The Kier molecular flexibility index (Phi) is 6.24. The van der Waals surface area contributed by atoms with E-state index in [0.717, 1.165) is 36.3 Å². The van der Waals surface area contributed by atoms with Crippen LogP contribution in [-0.2, 0) is 27.7 Å². The molecule has 0 atom stereocenters. The smallest absolute Gasteiger partial charge is 0.258 e. The maximum absolute atomic E-state index is 13.0. The molecule has 2 amide bonds. The van der Waals surface area contributed by atoms with Gasteiger partial charge in [0.25, 0.3) is 15.9 Å². The van der Waals surface area contributed by atoms with Crippen LogP contribution in [0.4, 0.5) is 11.4 Å². The number of thiophene rings is 1. The Hall–Kier alpha value is -3.01. The van der Waals surface area contributed by atoms with Gasteiger partial charge in [-0.3, -0.25) is 9.59 Å².